The normalized spacial score (nSPS) is 11.2. The molecule has 0 radical (unpaired) electrons. The zero-order chi connectivity index (χ0) is 21.1. The highest BCUT2D eigenvalue weighted by Gasteiger charge is 2.12. The van der Waals surface area contributed by atoms with Gasteiger partial charge >= 0.3 is 0 Å². The maximum Gasteiger partial charge on any atom is 0.282 e. The zero-order valence-electron chi connectivity index (χ0n) is 16.4. The summed E-state index contributed by atoms with van der Waals surface area (Å²) in [6.07, 6.45) is 1.58. The highest BCUT2D eigenvalue weighted by Crippen LogP contribution is 2.24. The highest BCUT2D eigenvalue weighted by molar-refractivity contribution is 9.10. The van der Waals surface area contributed by atoms with Crippen molar-refractivity contribution in [1.29, 1.82) is 0 Å². The molecule has 30 heavy (non-hydrogen) atoms. The summed E-state index contributed by atoms with van der Waals surface area (Å²) in [7, 11) is 3.16. The summed E-state index contributed by atoms with van der Waals surface area (Å²) in [5, 5.41) is 4.97. The van der Waals surface area contributed by atoms with Crippen molar-refractivity contribution in [2.75, 3.05) is 14.2 Å². The van der Waals surface area contributed by atoms with Crippen molar-refractivity contribution in [2.24, 2.45) is 5.10 Å². The standard InChI is InChI=1S/C23H18BrN3O3/c1-29-18-12-9-16(21(13-18)30-2)14-25-27-22(15-7-10-17(24)11-8-15)26-20-6-4-3-5-19(20)23(27)28/h3-14H,1-2H3/b25-14+. The largest absolute Gasteiger partial charge is 0.497 e. The van der Waals surface area contributed by atoms with Crippen molar-refractivity contribution in [2.45, 2.75) is 0 Å². The van der Waals surface area contributed by atoms with Crippen LogP contribution in [0.3, 0.4) is 0 Å². The molecule has 0 saturated heterocycles. The van der Waals surface area contributed by atoms with Gasteiger partial charge in [-0.2, -0.15) is 9.78 Å². The number of hydrogen-bond acceptors (Lipinski definition) is 5. The quantitative estimate of drug-likeness (QED) is 0.401. The van der Waals surface area contributed by atoms with E-state index in [0.29, 0.717) is 33.8 Å². The van der Waals surface area contributed by atoms with E-state index in [1.54, 1.807) is 38.6 Å². The van der Waals surface area contributed by atoms with Crippen molar-refractivity contribution in [3.63, 3.8) is 0 Å². The molecule has 4 rings (SSSR count). The van der Waals surface area contributed by atoms with E-state index in [1.807, 2.05) is 48.5 Å². The second-order valence-electron chi connectivity index (χ2n) is 6.43. The van der Waals surface area contributed by atoms with Gasteiger partial charge in [0.1, 0.15) is 11.5 Å². The Morgan fingerprint density at radius 2 is 1.77 bits per heavy atom. The maximum atomic E-state index is 13.2. The molecule has 4 aromatic rings. The molecule has 0 aliphatic rings. The molecule has 0 aliphatic carbocycles. The Bertz CT molecular complexity index is 1300. The van der Waals surface area contributed by atoms with Crippen LogP contribution in [-0.2, 0) is 0 Å². The third-order valence-electron chi connectivity index (χ3n) is 4.61. The molecule has 0 amide bonds. The van der Waals surface area contributed by atoms with Crippen LogP contribution in [0.2, 0.25) is 0 Å². The van der Waals surface area contributed by atoms with Gasteiger partial charge in [-0.3, -0.25) is 4.79 Å². The van der Waals surface area contributed by atoms with Crippen molar-refractivity contribution in [3.05, 3.63) is 87.1 Å². The van der Waals surface area contributed by atoms with Gasteiger partial charge in [0.25, 0.3) is 5.56 Å². The molecule has 0 spiro atoms. The lowest BCUT2D eigenvalue weighted by atomic mass is 10.2. The molecule has 0 bridgehead atoms. The summed E-state index contributed by atoms with van der Waals surface area (Å²) in [6.45, 7) is 0. The summed E-state index contributed by atoms with van der Waals surface area (Å²) in [5.41, 5.74) is 1.86. The predicted molar refractivity (Wildman–Crippen MR) is 122 cm³/mol. The van der Waals surface area contributed by atoms with Crippen molar-refractivity contribution in [1.82, 2.24) is 9.66 Å². The fraction of sp³-hybridized carbons (Fsp3) is 0.0870. The van der Waals surface area contributed by atoms with E-state index >= 15 is 0 Å². The van der Waals surface area contributed by atoms with Crippen LogP contribution >= 0.6 is 15.9 Å². The van der Waals surface area contributed by atoms with Crippen LogP contribution in [0.5, 0.6) is 11.5 Å². The number of hydrogen-bond donors (Lipinski definition) is 0. The fourth-order valence-corrected chi connectivity index (χ4v) is 3.33. The Morgan fingerprint density at radius 1 is 1.00 bits per heavy atom. The Balaban J connectivity index is 1.90. The SMILES string of the molecule is COc1ccc(/C=N/n2c(-c3ccc(Br)cc3)nc3ccccc3c2=O)c(OC)c1. The fourth-order valence-electron chi connectivity index (χ4n) is 3.06. The molecule has 1 aromatic heterocycles. The molecule has 0 atom stereocenters. The number of fused-ring (bicyclic) bond motifs is 1. The Labute approximate surface area is 181 Å². The minimum atomic E-state index is -0.248. The first-order valence-electron chi connectivity index (χ1n) is 9.15. The Morgan fingerprint density at radius 3 is 2.50 bits per heavy atom. The molecule has 150 valence electrons. The van der Waals surface area contributed by atoms with E-state index < -0.39 is 0 Å². The predicted octanol–water partition coefficient (Wildman–Crippen LogP) is 4.73. The van der Waals surface area contributed by atoms with E-state index in [2.05, 4.69) is 21.0 Å². The number of benzene rings is 3. The monoisotopic (exact) mass is 463 g/mol. The van der Waals surface area contributed by atoms with Gasteiger partial charge < -0.3 is 9.47 Å². The van der Waals surface area contributed by atoms with Crippen molar-refractivity contribution >= 4 is 33.0 Å². The lowest BCUT2D eigenvalue weighted by Crippen LogP contribution is -2.20. The third kappa shape index (κ3) is 3.84. The number of rotatable bonds is 5. The molecule has 0 aliphatic heterocycles. The number of methoxy groups -OCH3 is 2. The Kier molecular flexibility index (Phi) is 5.63. The van der Waals surface area contributed by atoms with Crippen LogP contribution in [0.15, 0.2) is 81.1 Å². The minimum absolute atomic E-state index is 0.248. The molecular weight excluding hydrogens is 446 g/mol. The number of nitrogens with zero attached hydrogens (tertiary/aromatic N) is 3. The first-order chi connectivity index (χ1) is 14.6. The molecule has 0 fully saturated rings. The summed E-state index contributed by atoms with van der Waals surface area (Å²) >= 11 is 3.44. The molecule has 0 unspecified atom stereocenters. The van der Waals surface area contributed by atoms with E-state index in [-0.39, 0.29) is 5.56 Å². The number of halogens is 1. The highest BCUT2D eigenvalue weighted by atomic mass is 79.9. The van der Waals surface area contributed by atoms with Crippen molar-refractivity contribution < 1.29 is 9.47 Å². The molecule has 6 nitrogen and oxygen atoms in total. The molecule has 0 saturated carbocycles. The van der Waals surface area contributed by atoms with Crippen LogP contribution in [-0.4, -0.2) is 30.1 Å². The smallest absolute Gasteiger partial charge is 0.282 e. The summed E-state index contributed by atoms with van der Waals surface area (Å²) in [6, 6.07) is 20.2. The average molecular weight is 464 g/mol. The molecule has 3 aromatic carbocycles. The van der Waals surface area contributed by atoms with Gasteiger partial charge in [0, 0.05) is 21.7 Å². The van der Waals surface area contributed by atoms with Crippen molar-refractivity contribution in [3.8, 4) is 22.9 Å². The van der Waals surface area contributed by atoms with E-state index in [1.165, 1.54) is 4.68 Å². The van der Waals surface area contributed by atoms with Crippen LogP contribution in [0.25, 0.3) is 22.3 Å². The molecular formula is C23H18BrN3O3. The van der Waals surface area contributed by atoms with Crippen LogP contribution in [0.1, 0.15) is 5.56 Å². The van der Waals surface area contributed by atoms with Gasteiger partial charge in [-0.05, 0) is 36.4 Å². The number of ether oxygens (including phenoxy) is 2. The van der Waals surface area contributed by atoms with Crippen LogP contribution in [0.4, 0.5) is 0 Å². The third-order valence-corrected chi connectivity index (χ3v) is 5.14. The van der Waals surface area contributed by atoms with E-state index in [9.17, 15) is 4.79 Å². The zero-order valence-corrected chi connectivity index (χ0v) is 18.0. The maximum absolute atomic E-state index is 13.2. The second kappa shape index (κ2) is 8.51. The first-order valence-corrected chi connectivity index (χ1v) is 9.94. The van der Waals surface area contributed by atoms with Gasteiger partial charge in [0.15, 0.2) is 5.82 Å². The first kappa shape index (κ1) is 19.8. The topological polar surface area (TPSA) is 65.7 Å². The van der Waals surface area contributed by atoms with E-state index in [4.69, 9.17) is 14.5 Å². The van der Waals surface area contributed by atoms with Crippen LogP contribution < -0.4 is 15.0 Å². The van der Waals surface area contributed by atoms with Gasteiger partial charge in [0.05, 0.1) is 31.3 Å². The summed E-state index contributed by atoms with van der Waals surface area (Å²) in [5.74, 6) is 1.71. The molecule has 7 heteroatoms. The lowest BCUT2D eigenvalue weighted by molar-refractivity contribution is 0.394. The number of aromatic nitrogens is 2. The summed E-state index contributed by atoms with van der Waals surface area (Å²) < 4.78 is 12.9. The second-order valence-corrected chi connectivity index (χ2v) is 7.34. The molecule has 1 heterocycles. The Hall–Kier alpha value is -3.45. The van der Waals surface area contributed by atoms with Gasteiger partial charge in [0.2, 0.25) is 0 Å². The van der Waals surface area contributed by atoms with Crippen LogP contribution in [0, 0.1) is 0 Å². The minimum Gasteiger partial charge on any atom is -0.497 e. The van der Waals surface area contributed by atoms with Gasteiger partial charge in [-0.25, -0.2) is 4.98 Å². The lowest BCUT2D eigenvalue weighted by Gasteiger charge is -2.10. The number of para-hydroxylation sites is 1. The van der Waals surface area contributed by atoms with Gasteiger partial charge in [-0.15, -0.1) is 0 Å². The molecule has 0 N–H and O–H groups in total. The van der Waals surface area contributed by atoms with E-state index in [0.717, 1.165) is 10.0 Å². The average Bonchev–Trinajstić information content (AvgIpc) is 2.79. The van der Waals surface area contributed by atoms with Gasteiger partial charge in [-0.1, -0.05) is 40.2 Å². The summed E-state index contributed by atoms with van der Waals surface area (Å²) in [4.78, 5) is 17.9.